The van der Waals surface area contributed by atoms with Gasteiger partial charge in [-0.25, -0.2) is 4.68 Å². The molecule has 1 aromatic carbocycles. The highest BCUT2D eigenvalue weighted by molar-refractivity contribution is 6.03. The summed E-state index contributed by atoms with van der Waals surface area (Å²) in [6, 6.07) is 13.4. The number of amides is 1. The fourth-order valence-electron chi connectivity index (χ4n) is 2.20. The summed E-state index contributed by atoms with van der Waals surface area (Å²) in [7, 11) is 0. The zero-order chi connectivity index (χ0) is 15.5. The number of aromatic amines is 1. The van der Waals surface area contributed by atoms with Crippen LogP contribution in [0.25, 0.3) is 11.3 Å². The van der Waals surface area contributed by atoms with Crippen LogP contribution in [-0.4, -0.2) is 25.9 Å². The molecule has 3 aromatic rings. The first-order chi connectivity index (χ1) is 10.6. The molecule has 0 aliphatic rings. The Morgan fingerprint density at radius 3 is 2.73 bits per heavy atom. The Balaban J connectivity index is 1.79. The number of hydrogen-bond acceptors (Lipinski definition) is 3. The van der Waals surface area contributed by atoms with Gasteiger partial charge in [-0.2, -0.15) is 10.2 Å². The second kappa shape index (κ2) is 5.85. The lowest BCUT2D eigenvalue weighted by atomic mass is 10.1. The number of nitrogens with one attached hydrogen (secondary N) is 2. The summed E-state index contributed by atoms with van der Waals surface area (Å²) in [6.45, 7) is 4.01. The highest BCUT2D eigenvalue weighted by Gasteiger charge is 2.14. The van der Waals surface area contributed by atoms with Gasteiger partial charge in [-0.15, -0.1) is 0 Å². The number of carbonyl (C=O) groups excluding carboxylic acids is 1. The van der Waals surface area contributed by atoms with E-state index in [0.29, 0.717) is 11.5 Å². The van der Waals surface area contributed by atoms with Crippen LogP contribution in [0.4, 0.5) is 5.82 Å². The molecule has 0 spiro atoms. The first-order valence-corrected chi connectivity index (χ1v) is 7.11. The van der Waals surface area contributed by atoms with Crippen molar-refractivity contribution in [3.05, 3.63) is 54.4 Å². The van der Waals surface area contributed by atoms with Gasteiger partial charge in [-0.1, -0.05) is 30.3 Å². The minimum atomic E-state index is -0.239. The Hall–Kier alpha value is -2.89. The van der Waals surface area contributed by atoms with Gasteiger partial charge in [0, 0.05) is 17.7 Å². The predicted molar refractivity (Wildman–Crippen MR) is 84.6 cm³/mol. The molecule has 0 radical (unpaired) electrons. The van der Waals surface area contributed by atoms with Crippen molar-refractivity contribution >= 4 is 11.7 Å². The second-order valence-electron chi connectivity index (χ2n) is 5.24. The summed E-state index contributed by atoms with van der Waals surface area (Å²) in [6.07, 6.45) is 1.66. The summed E-state index contributed by atoms with van der Waals surface area (Å²) < 4.78 is 1.76. The molecule has 112 valence electrons. The fourth-order valence-corrected chi connectivity index (χ4v) is 2.20. The quantitative estimate of drug-likeness (QED) is 0.776. The molecular formula is C16H17N5O. The standard InChI is InChI=1S/C16H17N5O/c1-11(2)21-15(8-9-17-21)18-16(22)14-10-13(19-20-14)12-6-4-3-5-7-12/h3-11H,1-2H3,(H,18,22)(H,19,20). The lowest BCUT2D eigenvalue weighted by Crippen LogP contribution is -2.17. The monoisotopic (exact) mass is 295 g/mol. The molecule has 0 saturated carbocycles. The number of carbonyl (C=O) groups is 1. The normalized spacial score (nSPS) is 10.9. The number of benzene rings is 1. The summed E-state index contributed by atoms with van der Waals surface area (Å²) in [5.74, 6) is 0.424. The van der Waals surface area contributed by atoms with E-state index in [-0.39, 0.29) is 11.9 Å². The Labute approximate surface area is 128 Å². The lowest BCUT2D eigenvalue weighted by Gasteiger charge is -2.10. The van der Waals surface area contributed by atoms with Crippen molar-refractivity contribution in [2.75, 3.05) is 5.32 Å². The number of anilines is 1. The highest BCUT2D eigenvalue weighted by Crippen LogP contribution is 2.18. The molecular weight excluding hydrogens is 278 g/mol. The topological polar surface area (TPSA) is 75.6 Å². The minimum absolute atomic E-state index is 0.173. The zero-order valence-corrected chi connectivity index (χ0v) is 12.4. The zero-order valence-electron chi connectivity index (χ0n) is 12.4. The number of hydrogen-bond donors (Lipinski definition) is 2. The van der Waals surface area contributed by atoms with Gasteiger partial charge in [0.15, 0.2) is 0 Å². The number of aromatic nitrogens is 4. The van der Waals surface area contributed by atoms with Crippen molar-refractivity contribution < 1.29 is 4.79 Å². The SMILES string of the molecule is CC(C)n1nccc1NC(=O)c1cc(-c2ccccc2)n[nH]1. The minimum Gasteiger partial charge on any atom is -0.305 e. The van der Waals surface area contributed by atoms with Crippen LogP contribution in [0.3, 0.4) is 0 Å². The molecule has 2 aromatic heterocycles. The van der Waals surface area contributed by atoms with Gasteiger partial charge in [0.25, 0.3) is 5.91 Å². The van der Waals surface area contributed by atoms with Crippen molar-refractivity contribution in [3.8, 4) is 11.3 Å². The van der Waals surface area contributed by atoms with E-state index in [4.69, 9.17) is 0 Å². The van der Waals surface area contributed by atoms with Gasteiger partial charge >= 0.3 is 0 Å². The molecule has 0 bridgehead atoms. The third kappa shape index (κ3) is 2.76. The Bertz CT molecular complexity index is 773. The van der Waals surface area contributed by atoms with Gasteiger partial charge in [-0.3, -0.25) is 9.89 Å². The molecule has 3 rings (SSSR count). The maximum Gasteiger partial charge on any atom is 0.274 e. The molecule has 2 N–H and O–H groups in total. The Morgan fingerprint density at radius 1 is 1.23 bits per heavy atom. The van der Waals surface area contributed by atoms with Crippen LogP contribution < -0.4 is 5.32 Å². The highest BCUT2D eigenvalue weighted by atomic mass is 16.2. The summed E-state index contributed by atoms with van der Waals surface area (Å²) in [5.41, 5.74) is 2.11. The number of nitrogens with zero attached hydrogens (tertiary/aromatic N) is 3. The molecule has 0 saturated heterocycles. The average molecular weight is 295 g/mol. The molecule has 2 heterocycles. The maximum absolute atomic E-state index is 12.3. The first-order valence-electron chi connectivity index (χ1n) is 7.11. The Morgan fingerprint density at radius 2 is 2.00 bits per heavy atom. The van der Waals surface area contributed by atoms with Crippen LogP contribution in [0, 0.1) is 0 Å². The van der Waals surface area contributed by atoms with Crippen LogP contribution in [-0.2, 0) is 0 Å². The van der Waals surface area contributed by atoms with E-state index in [1.807, 2.05) is 44.2 Å². The van der Waals surface area contributed by atoms with Crippen LogP contribution in [0.1, 0.15) is 30.4 Å². The summed E-state index contributed by atoms with van der Waals surface area (Å²) in [4.78, 5) is 12.3. The van der Waals surface area contributed by atoms with Crippen molar-refractivity contribution in [3.63, 3.8) is 0 Å². The number of H-pyrrole nitrogens is 1. The van der Waals surface area contributed by atoms with Crippen molar-refractivity contribution in [1.29, 1.82) is 0 Å². The fraction of sp³-hybridized carbons (Fsp3) is 0.188. The first kappa shape index (κ1) is 14.1. The largest absolute Gasteiger partial charge is 0.305 e. The van der Waals surface area contributed by atoms with Gasteiger partial charge in [0.2, 0.25) is 0 Å². The van der Waals surface area contributed by atoms with Crippen LogP contribution in [0.15, 0.2) is 48.7 Å². The third-order valence-corrected chi connectivity index (χ3v) is 3.29. The van der Waals surface area contributed by atoms with Gasteiger partial charge in [0.1, 0.15) is 11.5 Å². The molecule has 0 fully saturated rings. The maximum atomic E-state index is 12.3. The van der Waals surface area contributed by atoms with E-state index >= 15 is 0 Å². The van der Waals surface area contributed by atoms with E-state index in [0.717, 1.165) is 11.3 Å². The van der Waals surface area contributed by atoms with Crippen LogP contribution in [0.2, 0.25) is 0 Å². The van der Waals surface area contributed by atoms with E-state index in [1.54, 1.807) is 23.0 Å². The van der Waals surface area contributed by atoms with E-state index in [2.05, 4.69) is 20.6 Å². The van der Waals surface area contributed by atoms with Crippen molar-refractivity contribution in [1.82, 2.24) is 20.0 Å². The van der Waals surface area contributed by atoms with Gasteiger partial charge in [0.05, 0.1) is 11.9 Å². The van der Waals surface area contributed by atoms with Crippen LogP contribution >= 0.6 is 0 Å². The smallest absolute Gasteiger partial charge is 0.274 e. The molecule has 1 amide bonds. The molecule has 0 aliphatic carbocycles. The molecule has 0 unspecified atom stereocenters. The molecule has 0 aliphatic heterocycles. The van der Waals surface area contributed by atoms with Gasteiger partial charge in [-0.05, 0) is 19.9 Å². The number of rotatable bonds is 4. The van der Waals surface area contributed by atoms with E-state index in [1.165, 1.54) is 0 Å². The molecule has 6 heteroatoms. The third-order valence-electron chi connectivity index (χ3n) is 3.29. The Kier molecular flexibility index (Phi) is 3.74. The van der Waals surface area contributed by atoms with Crippen molar-refractivity contribution in [2.45, 2.75) is 19.9 Å². The average Bonchev–Trinajstić information content (AvgIpc) is 3.17. The lowest BCUT2D eigenvalue weighted by molar-refractivity contribution is 0.102. The molecule has 0 atom stereocenters. The van der Waals surface area contributed by atoms with Crippen LogP contribution in [0.5, 0.6) is 0 Å². The second-order valence-corrected chi connectivity index (χ2v) is 5.24. The summed E-state index contributed by atoms with van der Waals surface area (Å²) >= 11 is 0. The predicted octanol–water partition coefficient (Wildman–Crippen LogP) is 3.11. The molecule has 6 nitrogen and oxygen atoms in total. The van der Waals surface area contributed by atoms with E-state index in [9.17, 15) is 4.79 Å². The summed E-state index contributed by atoms with van der Waals surface area (Å²) in [5, 5.41) is 14.0. The molecule has 22 heavy (non-hydrogen) atoms. The van der Waals surface area contributed by atoms with Gasteiger partial charge < -0.3 is 5.32 Å². The van der Waals surface area contributed by atoms with E-state index < -0.39 is 0 Å². The van der Waals surface area contributed by atoms with Crippen molar-refractivity contribution in [2.24, 2.45) is 0 Å².